The highest BCUT2D eigenvalue weighted by Gasteiger charge is 2.19. The van der Waals surface area contributed by atoms with Gasteiger partial charge < -0.3 is 16.0 Å². The molecule has 0 radical (unpaired) electrons. The predicted molar refractivity (Wildman–Crippen MR) is 58.6 cm³/mol. The van der Waals surface area contributed by atoms with Crippen molar-refractivity contribution in [3.63, 3.8) is 0 Å². The lowest BCUT2D eigenvalue weighted by Gasteiger charge is -2.10. The number of aromatic nitrogens is 2. The molecule has 0 aliphatic carbocycles. The van der Waals surface area contributed by atoms with Crippen LogP contribution in [0.5, 0.6) is 0 Å². The van der Waals surface area contributed by atoms with Gasteiger partial charge >= 0.3 is 0 Å². The van der Waals surface area contributed by atoms with Crippen LogP contribution in [0, 0.1) is 0 Å². The number of anilines is 1. The summed E-state index contributed by atoms with van der Waals surface area (Å²) in [7, 11) is 0. The van der Waals surface area contributed by atoms with Gasteiger partial charge in [-0.15, -0.1) is 0 Å². The molecule has 1 aromatic rings. The Hall–Kier alpha value is -1.36. The van der Waals surface area contributed by atoms with E-state index in [0.717, 1.165) is 19.4 Å². The Balaban J connectivity index is 2.38. The molecule has 15 heavy (non-hydrogen) atoms. The largest absolute Gasteiger partial charge is 0.383 e. The summed E-state index contributed by atoms with van der Waals surface area (Å²) in [6, 6.07) is 0.158. The van der Waals surface area contributed by atoms with Crippen molar-refractivity contribution in [2.75, 3.05) is 12.3 Å². The SMILES string of the molecule is CCc1c(N)nc(C2CCCN2)[nH]c1=O. The van der Waals surface area contributed by atoms with Crippen molar-refractivity contribution in [3.05, 3.63) is 21.7 Å². The lowest BCUT2D eigenvalue weighted by atomic mass is 10.2. The molecule has 82 valence electrons. The fraction of sp³-hybridized carbons (Fsp3) is 0.600. The number of aromatic amines is 1. The third kappa shape index (κ3) is 1.87. The highest BCUT2D eigenvalue weighted by molar-refractivity contribution is 5.37. The first-order valence-corrected chi connectivity index (χ1v) is 5.34. The molecule has 2 heterocycles. The molecule has 1 fully saturated rings. The van der Waals surface area contributed by atoms with Gasteiger partial charge in [0.05, 0.1) is 11.6 Å². The minimum atomic E-state index is -0.103. The number of nitrogens with one attached hydrogen (secondary N) is 2. The van der Waals surface area contributed by atoms with Crippen molar-refractivity contribution in [1.29, 1.82) is 0 Å². The zero-order valence-electron chi connectivity index (χ0n) is 8.84. The molecule has 5 nitrogen and oxygen atoms in total. The summed E-state index contributed by atoms with van der Waals surface area (Å²) in [5.74, 6) is 1.04. The van der Waals surface area contributed by atoms with Crippen LogP contribution in [0.2, 0.25) is 0 Å². The predicted octanol–water partition coefficient (Wildman–Crippen LogP) is 0.339. The molecular formula is C10H16N4O. The molecule has 1 aliphatic rings. The maximum absolute atomic E-state index is 11.6. The Morgan fingerprint density at radius 2 is 2.40 bits per heavy atom. The Labute approximate surface area is 88.1 Å². The molecule has 1 aromatic heterocycles. The second-order valence-electron chi connectivity index (χ2n) is 3.82. The Morgan fingerprint density at radius 3 is 2.93 bits per heavy atom. The summed E-state index contributed by atoms with van der Waals surface area (Å²) in [6.45, 7) is 2.87. The number of hydrogen-bond donors (Lipinski definition) is 3. The van der Waals surface area contributed by atoms with Crippen molar-refractivity contribution in [2.24, 2.45) is 0 Å². The first kappa shape index (κ1) is 10.2. The van der Waals surface area contributed by atoms with Gasteiger partial charge in [0.1, 0.15) is 11.6 Å². The van der Waals surface area contributed by atoms with Crippen molar-refractivity contribution in [2.45, 2.75) is 32.2 Å². The second-order valence-corrected chi connectivity index (χ2v) is 3.82. The van der Waals surface area contributed by atoms with Crippen LogP contribution in [0.25, 0.3) is 0 Å². The van der Waals surface area contributed by atoms with Gasteiger partial charge in [-0.2, -0.15) is 0 Å². The van der Waals surface area contributed by atoms with Crippen molar-refractivity contribution in [1.82, 2.24) is 15.3 Å². The van der Waals surface area contributed by atoms with Crippen LogP contribution in [0.4, 0.5) is 5.82 Å². The van der Waals surface area contributed by atoms with Gasteiger partial charge in [0.15, 0.2) is 0 Å². The monoisotopic (exact) mass is 208 g/mol. The third-order valence-electron chi connectivity index (χ3n) is 2.81. The first-order valence-electron chi connectivity index (χ1n) is 5.34. The molecule has 0 amide bonds. The zero-order chi connectivity index (χ0) is 10.8. The van der Waals surface area contributed by atoms with Crippen LogP contribution in [0.15, 0.2) is 4.79 Å². The van der Waals surface area contributed by atoms with Crippen LogP contribution in [0.1, 0.15) is 37.2 Å². The number of hydrogen-bond acceptors (Lipinski definition) is 4. The van der Waals surface area contributed by atoms with E-state index in [2.05, 4.69) is 15.3 Å². The molecule has 0 aromatic carbocycles. The lowest BCUT2D eigenvalue weighted by Crippen LogP contribution is -2.24. The summed E-state index contributed by atoms with van der Waals surface area (Å²) >= 11 is 0. The molecule has 0 saturated carbocycles. The molecule has 4 N–H and O–H groups in total. The van der Waals surface area contributed by atoms with E-state index in [-0.39, 0.29) is 11.6 Å². The van der Waals surface area contributed by atoms with Gasteiger partial charge in [0.2, 0.25) is 0 Å². The molecule has 0 spiro atoms. The summed E-state index contributed by atoms with van der Waals surface area (Å²) in [5, 5.41) is 3.28. The van der Waals surface area contributed by atoms with E-state index in [0.29, 0.717) is 23.6 Å². The van der Waals surface area contributed by atoms with Crippen molar-refractivity contribution < 1.29 is 0 Å². The fourth-order valence-electron chi connectivity index (χ4n) is 1.96. The van der Waals surface area contributed by atoms with Crippen molar-refractivity contribution in [3.8, 4) is 0 Å². The van der Waals surface area contributed by atoms with Crippen LogP contribution in [-0.2, 0) is 6.42 Å². The normalized spacial score (nSPS) is 20.7. The standard InChI is InChI=1S/C10H16N4O/c1-2-6-8(11)13-9(14-10(6)15)7-4-3-5-12-7/h7,12H,2-5H2,1H3,(H3,11,13,14,15). The minimum absolute atomic E-state index is 0.103. The van der Waals surface area contributed by atoms with E-state index in [4.69, 9.17) is 5.73 Å². The summed E-state index contributed by atoms with van der Waals surface area (Å²) in [6.07, 6.45) is 2.74. The average Bonchev–Trinajstić information content (AvgIpc) is 2.69. The number of H-pyrrole nitrogens is 1. The summed E-state index contributed by atoms with van der Waals surface area (Å²) in [4.78, 5) is 18.7. The molecule has 1 saturated heterocycles. The van der Waals surface area contributed by atoms with Gasteiger partial charge in [-0.05, 0) is 25.8 Å². The Kier molecular flexibility index (Phi) is 2.73. The Bertz CT molecular complexity index is 406. The van der Waals surface area contributed by atoms with E-state index in [1.54, 1.807) is 0 Å². The fourth-order valence-corrected chi connectivity index (χ4v) is 1.96. The van der Waals surface area contributed by atoms with Gasteiger partial charge in [0.25, 0.3) is 5.56 Å². The molecular weight excluding hydrogens is 192 g/mol. The molecule has 5 heteroatoms. The first-order chi connectivity index (χ1) is 7.22. The maximum atomic E-state index is 11.6. The van der Waals surface area contributed by atoms with E-state index >= 15 is 0 Å². The lowest BCUT2D eigenvalue weighted by molar-refractivity contribution is 0.601. The molecule has 1 atom stereocenters. The Morgan fingerprint density at radius 1 is 1.60 bits per heavy atom. The van der Waals surface area contributed by atoms with Gasteiger partial charge in [0, 0.05) is 0 Å². The van der Waals surface area contributed by atoms with Gasteiger partial charge in [-0.3, -0.25) is 4.79 Å². The van der Waals surface area contributed by atoms with Gasteiger partial charge in [-0.1, -0.05) is 6.92 Å². The quantitative estimate of drug-likeness (QED) is 0.654. The van der Waals surface area contributed by atoms with Crippen LogP contribution in [-0.4, -0.2) is 16.5 Å². The molecule has 1 unspecified atom stereocenters. The number of rotatable bonds is 2. The molecule has 1 aliphatic heterocycles. The average molecular weight is 208 g/mol. The van der Waals surface area contributed by atoms with Gasteiger partial charge in [-0.25, -0.2) is 4.98 Å². The van der Waals surface area contributed by atoms with E-state index < -0.39 is 0 Å². The highest BCUT2D eigenvalue weighted by Crippen LogP contribution is 2.19. The van der Waals surface area contributed by atoms with E-state index in [1.807, 2.05) is 6.92 Å². The topological polar surface area (TPSA) is 83.8 Å². The van der Waals surface area contributed by atoms with Crippen LogP contribution in [0.3, 0.4) is 0 Å². The number of nitrogen functional groups attached to an aromatic ring is 1. The van der Waals surface area contributed by atoms with E-state index in [1.165, 1.54) is 0 Å². The third-order valence-corrected chi connectivity index (χ3v) is 2.81. The number of nitrogens with two attached hydrogens (primary N) is 1. The van der Waals surface area contributed by atoms with E-state index in [9.17, 15) is 4.79 Å². The summed E-state index contributed by atoms with van der Waals surface area (Å²) < 4.78 is 0. The smallest absolute Gasteiger partial charge is 0.256 e. The molecule has 2 rings (SSSR count). The molecule has 0 bridgehead atoms. The maximum Gasteiger partial charge on any atom is 0.256 e. The highest BCUT2D eigenvalue weighted by atomic mass is 16.1. The van der Waals surface area contributed by atoms with Crippen LogP contribution < -0.4 is 16.6 Å². The zero-order valence-corrected chi connectivity index (χ0v) is 8.84. The summed E-state index contributed by atoms with van der Waals surface area (Å²) in [5.41, 5.74) is 6.22. The number of nitrogens with zero attached hydrogens (tertiary/aromatic N) is 1. The van der Waals surface area contributed by atoms with Crippen molar-refractivity contribution >= 4 is 5.82 Å². The second kappa shape index (κ2) is 4.02. The van der Waals surface area contributed by atoms with Crippen LogP contribution >= 0.6 is 0 Å². The minimum Gasteiger partial charge on any atom is -0.383 e.